The second-order valence-electron chi connectivity index (χ2n) is 4.84. The normalized spacial score (nSPS) is 30.2. The van der Waals surface area contributed by atoms with E-state index in [1.54, 1.807) is 18.2 Å². The summed E-state index contributed by atoms with van der Waals surface area (Å²) in [6, 6.07) is 5.29. The number of amides is 1. The fourth-order valence-corrected chi connectivity index (χ4v) is 3.01. The van der Waals surface area contributed by atoms with Crippen LogP contribution in [0.15, 0.2) is 22.7 Å². The molecule has 2 bridgehead atoms. The first-order valence-corrected chi connectivity index (χ1v) is 6.53. The summed E-state index contributed by atoms with van der Waals surface area (Å²) < 4.78 is 0.816. The topological polar surface area (TPSA) is 29.1 Å². The molecule has 1 aromatic carbocycles. The van der Waals surface area contributed by atoms with Crippen LogP contribution in [0.25, 0.3) is 0 Å². The van der Waals surface area contributed by atoms with E-state index >= 15 is 0 Å². The van der Waals surface area contributed by atoms with E-state index in [1.165, 1.54) is 0 Å². The lowest BCUT2D eigenvalue weighted by atomic mass is 9.50. The number of carbonyl (C=O) groups excluding carboxylic acids is 1. The highest BCUT2D eigenvalue weighted by Gasteiger charge is 2.57. The van der Waals surface area contributed by atoms with E-state index in [-0.39, 0.29) is 11.4 Å². The Bertz CT molecular complexity index is 457. The summed E-state index contributed by atoms with van der Waals surface area (Å²) in [7, 11) is 0. The van der Waals surface area contributed by atoms with Crippen molar-refractivity contribution >= 4 is 33.4 Å². The highest BCUT2D eigenvalue weighted by molar-refractivity contribution is 9.10. The van der Waals surface area contributed by atoms with Crippen LogP contribution in [0, 0.1) is 5.92 Å². The molecule has 0 spiro atoms. The van der Waals surface area contributed by atoms with Crippen LogP contribution in [0.4, 0.5) is 0 Å². The average Bonchev–Trinajstić information content (AvgIpc) is 2.13. The minimum Gasteiger partial charge on any atom is -0.347 e. The van der Waals surface area contributed by atoms with Crippen LogP contribution >= 0.6 is 27.5 Å². The van der Waals surface area contributed by atoms with Gasteiger partial charge in [0.1, 0.15) is 0 Å². The maximum Gasteiger partial charge on any atom is 0.251 e. The standard InChI is InChI=1S/C12H11BrClNO/c13-9-2-1-8(3-10(9)14)11(16)15-12-4-7(5-12)6-12/h1-3,7H,4-6H2,(H,15,16). The van der Waals surface area contributed by atoms with Gasteiger partial charge in [0.25, 0.3) is 5.91 Å². The quantitative estimate of drug-likeness (QED) is 0.891. The second kappa shape index (κ2) is 3.47. The summed E-state index contributed by atoms with van der Waals surface area (Å²) in [5.41, 5.74) is 0.763. The molecule has 3 saturated carbocycles. The average molecular weight is 301 g/mol. The lowest BCUT2D eigenvalue weighted by Gasteiger charge is -2.61. The second-order valence-corrected chi connectivity index (χ2v) is 6.10. The molecule has 1 amide bonds. The largest absolute Gasteiger partial charge is 0.347 e. The van der Waals surface area contributed by atoms with E-state index in [1.807, 2.05) is 0 Å². The summed E-state index contributed by atoms with van der Waals surface area (Å²) in [4.78, 5) is 12.0. The molecule has 0 saturated heterocycles. The zero-order chi connectivity index (χ0) is 11.3. The first-order chi connectivity index (χ1) is 7.58. The summed E-state index contributed by atoms with van der Waals surface area (Å²) in [6.45, 7) is 0. The Kier molecular flexibility index (Phi) is 2.30. The molecule has 0 radical (unpaired) electrons. The van der Waals surface area contributed by atoms with Gasteiger partial charge >= 0.3 is 0 Å². The van der Waals surface area contributed by atoms with Crippen LogP contribution < -0.4 is 5.32 Å². The minimum absolute atomic E-state index is 0.00690. The molecular formula is C12H11BrClNO. The van der Waals surface area contributed by atoms with Crippen LogP contribution in [-0.2, 0) is 0 Å². The minimum atomic E-state index is -0.00690. The fraction of sp³-hybridized carbons (Fsp3) is 0.417. The van der Waals surface area contributed by atoms with Gasteiger partial charge in [0.15, 0.2) is 0 Å². The van der Waals surface area contributed by atoms with Gasteiger partial charge in [-0.05, 0) is 59.3 Å². The third-order valence-electron chi connectivity index (χ3n) is 3.60. The SMILES string of the molecule is O=C(NC12CC(C1)C2)c1ccc(Br)c(Cl)c1. The van der Waals surface area contributed by atoms with Crippen molar-refractivity contribution in [3.8, 4) is 0 Å². The molecule has 0 heterocycles. The number of carbonyl (C=O) groups is 1. The molecule has 4 rings (SSSR count). The Labute approximate surface area is 107 Å². The molecule has 84 valence electrons. The van der Waals surface area contributed by atoms with E-state index in [0.717, 1.165) is 29.7 Å². The van der Waals surface area contributed by atoms with Gasteiger partial charge in [0.2, 0.25) is 0 Å². The molecule has 0 unspecified atom stereocenters. The molecule has 0 aliphatic heterocycles. The Balaban J connectivity index is 1.75. The molecule has 1 N–H and O–H groups in total. The van der Waals surface area contributed by atoms with E-state index < -0.39 is 0 Å². The van der Waals surface area contributed by atoms with E-state index in [4.69, 9.17) is 11.6 Å². The molecule has 0 atom stereocenters. The van der Waals surface area contributed by atoms with Crippen molar-refractivity contribution in [2.24, 2.45) is 5.92 Å². The number of nitrogens with one attached hydrogen (secondary N) is 1. The first kappa shape index (κ1) is 10.6. The highest BCUT2D eigenvalue weighted by atomic mass is 79.9. The van der Waals surface area contributed by atoms with Gasteiger partial charge in [-0.2, -0.15) is 0 Å². The van der Waals surface area contributed by atoms with Crippen LogP contribution in [0.2, 0.25) is 5.02 Å². The first-order valence-electron chi connectivity index (χ1n) is 5.36. The number of halogens is 2. The molecule has 4 heteroatoms. The van der Waals surface area contributed by atoms with Gasteiger partial charge < -0.3 is 5.32 Å². The van der Waals surface area contributed by atoms with Crippen LogP contribution in [0.3, 0.4) is 0 Å². The Morgan fingerprint density at radius 2 is 2.12 bits per heavy atom. The van der Waals surface area contributed by atoms with Gasteiger partial charge in [-0.15, -0.1) is 0 Å². The van der Waals surface area contributed by atoms with Crippen molar-refractivity contribution in [2.75, 3.05) is 0 Å². The molecule has 16 heavy (non-hydrogen) atoms. The summed E-state index contributed by atoms with van der Waals surface area (Å²) in [6.07, 6.45) is 3.47. The van der Waals surface area contributed by atoms with Gasteiger partial charge in [0.05, 0.1) is 5.02 Å². The van der Waals surface area contributed by atoms with Crippen molar-refractivity contribution in [3.63, 3.8) is 0 Å². The molecule has 3 aliphatic carbocycles. The van der Waals surface area contributed by atoms with Crippen LogP contribution in [0.5, 0.6) is 0 Å². The maximum absolute atomic E-state index is 12.0. The maximum atomic E-state index is 12.0. The Morgan fingerprint density at radius 1 is 1.44 bits per heavy atom. The Morgan fingerprint density at radius 3 is 2.62 bits per heavy atom. The Hall–Kier alpha value is -0.540. The smallest absolute Gasteiger partial charge is 0.251 e. The van der Waals surface area contributed by atoms with E-state index in [2.05, 4.69) is 21.2 Å². The summed E-state index contributed by atoms with van der Waals surface area (Å²) >= 11 is 9.27. The van der Waals surface area contributed by atoms with Gasteiger partial charge in [0, 0.05) is 15.6 Å². The fourth-order valence-electron chi connectivity index (χ4n) is 2.58. The number of rotatable bonds is 2. The third-order valence-corrected chi connectivity index (χ3v) is 4.83. The van der Waals surface area contributed by atoms with Crippen molar-refractivity contribution in [1.29, 1.82) is 0 Å². The number of hydrogen-bond acceptors (Lipinski definition) is 1. The highest BCUT2D eigenvalue weighted by Crippen LogP contribution is 2.56. The third kappa shape index (κ3) is 1.57. The molecule has 0 aromatic heterocycles. The van der Waals surface area contributed by atoms with Crippen molar-refractivity contribution in [3.05, 3.63) is 33.3 Å². The number of hydrogen-bond donors (Lipinski definition) is 1. The number of benzene rings is 1. The van der Waals surface area contributed by atoms with Crippen LogP contribution in [0.1, 0.15) is 29.6 Å². The van der Waals surface area contributed by atoms with Crippen LogP contribution in [-0.4, -0.2) is 11.4 Å². The van der Waals surface area contributed by atoms with Crippen molar-refractivity contribution in [1.82, 2.24) is 5.32 Å². The predicted molar refractivity (Wildman–Crippen MR) is 66.7 cm³/mol. The van der Waals surface area contributed by atoms with E-state index in [0.29, 0.717) is 10.6 Å². The molecular weight excluding hydrogens is 289 g/mol. The van der Waals surface area contributed by atoms with Gasteiger partial charge in [-0.1, -0.05) is 11.6 Å². The van der Waals surface area contributed by atoms with Crippen molar-refractivity contribution < 1.29 is 4.79 Å². The summed E-state index contributed by atoms with van der Waals surface area (Å²) in [5, 5.41) is 3.68. The van der Waals surface area contributed by atoms with Gasteiger partial charge in [-0.25, -0.2) is 0 Å². The summed E-state index contributed by atoms with van der Waals surface area (Å²) in [5.74, 6) is 0.862. The van der Waals surface area contributed by atoms with Crippen molar-refractivity contribution in [2.45, 2.75) is 24.8 Å². The zero-order valence-corrected chi connectivity index (χ0v) is 10.9. The monoisotopic (exact) mass is 299 g/mol. The molecule has 1 aromatic rings. The lowest BCUT2D eigenvalue weighted by molar-refractivity contribution is -0.0438. The molecule has 2 nitrogen and oxygen atoms in total. The van der Waals surface area contributed by atoms with E-state index in [9.17, 15) is 4.79 Å². The predicted octanol–water partition coefficient (Wildman–Crippen LogP) is 3.38. The molecule has 3 aliphatic rings. The van der Waals surface area contributed by atoms with Gasteiger partial charge in [-0.3, -0.25) is 4.79 Å². The lowest BCUT2D eigenvalue weighted by Crippen LogP contribution is -2.68. The molecule has 3 fully saturated rings. The zero-order valence-electron chi connectivity index (χ0n) is 8.59.